The highest BCUT2D eigenvalue weighted by molar-refractivity contribution is 5.78. The number of hydrogen-bond acceptors (Lipinski definition) is 5. The van der Waals surface area contributed by atoms with Crippen molar-refractivity contribution >= 4 is 5.91 Å². The second kappa shape index (κ2) is 7.50. The van der Waals surface area contributed by atoms with E-state index in [1.165, 1.54) is 0 Å². The van der Waals surface area contributed by atoms with Gasteiger partial charge < -0.3 is 14.5 Å². The average Bonchev–Trinajstić information content (AvgIpc) is 3.24. The molecule has 1 aliphatic rings. The van der Waals surface area contributed by atoms with Gasteiger partial charge >= 0.3 is 0 Å². The number of rotatable bonds is 5. The Morgan fingerprint density at radius 3 is 2.81 bits per heavy atom. The van der Waals surface area contributed by atoms with E-state index in [1.54, 1.807) is 14.2 Å². The summed E-state index contributed by atoms with van der Waals surface area (Å²) >= 11 is 0. The Morgan fingerprint density at radius 1 is 1.35 bits per heavy atom. The van der Waals surface area contributed by atoms with E-state index in [4.69, 9.17) is 14.1 Å². The van der Waals surface area contributed by atoms with Crippen molar-refractivity contribution in [2.45, 2.75) is 33.7 Å². The van der Waals surface area contributed by atoms with Crippen LogP contribution >= 0.6 is 0 Å². The second-order valence-corrected chi connectivity index (χ2v) is 6.92. The summed E-state index contributed by atoms with van der Waals surface area (Å²) in [6, 6.07) is 3.94. The topological polar surface area (TPSA) is 67.6 Å². The molecule has 1 aliphatic heterocycles. The molecule has 6 heteroatoms. The van der Waals surface area contributed by atoms with Crippen molar-refractivity contribution in [2.75, 3.05) is 27.2 Å². The molecule has 0 saturated carbocycles. The van der Waals surface area contributed by atoms with Crippen LogP contribution in [0.3, 0.4) is 0 Å². The number of nitrogens with one attached hydrogen (secondary N) is 1. The smallest absolute Gasteiger partial charge is 0.226 e. The Hall–Kier alpha value is -2.34. The van der Waals surface area contributed by atoms with E-state index >= 15 is 0 Å². The molecule has 0 bridgehead atoms. The number of carbonyl (C=O) groups is 1. The molecule has 1 N–H and O–H groups in total. The molecule has 0 spiro atoms. The number of nitrogens with zero attached hydrogens (tertiary/aromatic N) is 2. The van der Waals surface area contributed by atoms with Gasteiger partial charge in [0, 0.05) is 25.7 Å². The van der Waals surface area contributed by atoms with Gasteiger partial charge in [-0.15, -0.1) is 0 Å². The maximum Gasteiger partial charge on any atom is 0.226 e. The van der Waals surface area contributed by atoms with E-state index in [0.29, 0.717) is 12.4 Å². The molecule has 1 saturated heterocycles. The van der Waals surface area contributed by atoms with Crippen LogP contribution in [0.1, 0.15) is 29.0 Å². The van der Waals surface area contributed by atoms with Crippen molar-refractivity contribution in [1.82, 2.24) is 15.2 Å². The molecule has 3 rings (SSSR count). The molecule has 1 aromatic carbocycles. The van der Waals surface area contributed by atoms with Gasteiger partial charge in [0.25, 0.3) is 0 Å². The van der Waals surface area contributed by atoms with Crippen LogP contribution in [0.2, 0.25) is 0 Å². The summed E-state index contributed by atoms with van der Waals surface area (Å²) in [5, 5.41) is 2.74. The zero-order valence-corrected chi connectivity index (χ0v) is 16.2. The van der Waals surface area contributed by atoms with Gasteiger partial charge in [0.1, 0.15) is 11.5 Å². The predicted octanol–water partition coefficient (Wildman–Crippen LogP) is 2.84. The summed E-state index contributed by atoms with van der Waals surface area (Å²) in [6.45, 7) is 8.42. The van der Waals surface area contributed by atoms with Gasteiger partial charge in [-0.3, -0.25) is 9.69 Å². The maximum atomic E-state index is 11.8. The molecule has 6 nitrogen and oxygen atoms in total. The maximum absolute atomic E-state index is 11.8. The normalized spacial score (nSPS) is 17.5. The number of oxazole rings is 1. The molecule has 2 aromatic rings. The second-order valence-electron chi connectivity index (χ2n) is 6.92. The van der Waals surface area contributed by atoms with E-state index in [0.717, 1.165) is 53.4 Å². The van der Waals surface area contributed by atoms with Gasteiger partial charge in [-0.05, 0) is 57.0 Å². The molecular weight excluding hydrogens is 330 g/mol. The Bertz CT molecular complexity index is 813. The largest absolute Gasteiger partial charge is 0.496 e. The molecule has 1 atom stereocenters. The van der Waals surface area contributed by atoms with E-state index in [2.05, 4.69) is 17.1 Å². The molecule has 1 fully saturated rings. The van der Waals surface area contributed by atoms with Crippen molar-refractivity contribution in [3.8, 4) is 17.2 Å². The van der Waals surface area contributed by atoms with E-state index in [9.17, 15) is 4.79 Å². The lowest BCUT2D eigenvalue weighted by Crippen LogP contribution is -2.30. The fourth-order valence-corrected chi connectivity index (χ4v) is 3.54. The Kier molecular flexibility index (Phi) is 5.32. The molecular formula is C20H27N3O3. The standard InChI is InChI=1S/C20H27N3O3/c1-12-13(2)18(25-5)7-6-16(12)20-22-17(14(3)26-20)11-23-9-8-15(10-23)19(24)21-4/h6-7,15H,8-11H2,1-5H3,(H,21,24)/t15-/m1/s1. The van der Waals surface area contributed by atoms with Crippen LogP contribution in [-0.4, -0.2) is 43.0 Å². The van der Waals surface area contributed by atoms with Gasteiger partial charge in [0.05, 0.1) is 18.7 Å². The number of amides is 1. The van der Waals surface area contributed by atoms with Crippen LogP contribution in [0.5, 0.6) is 5.75 Å². The summed E-state index contributed by atoms with van der Waals surface area (Å²) in [4.78, 5) is 18.8. The van der Waals surface area contributed by atoms with Crippen molar-refractivity contribution < 1.29 is 13.9 Å². The quantitative estimate of drug-likeness (QED) is 0.891. The number of methoxy groups -OCH3 is 1. The molecule has 1 aromatic heterocycles. The highest BCUT2D eigenvalue weighted by Crippen LogP contribution is 2.32. The lowest BCUT2D eigenvalue weighted by atomic mass is 10.0. The van der Waals surface area contributed by atoms with Crippen molar-refractivity contribution in [3.05, 3.63) is 34.7 Å². The van der Waals surface area contributed by atoms with Gasteiger partial charge in [-0.25, -0.2) is 4.98 Å². The minimum Gasteiger partial charge on any atom is -0.496 e. The van der Waals surface area contributed by atoms with Crippen molar-refractivity contribution in [2.24, 2.45) is 5.92 Å². The molecule has 0 unspecified atom stereocenters. The predicted molar refractivity (Wildman–Crippen MR) is 100 cm³/mol. The number of carbonyl (C=O) groups excluding carboxylic acids is 1. The van der Waals surface area contributed by atoms with Crippen LogP contribution in [0, 0.1) is 26.7 Å². The van der Waals surface area contributed by atoms with Crippen LogP contribution in [0.25, 0.3) is 11.5 Å². The van der Waals surface area contributed by atoms with E-state index in [1.807, 2.05) is 26.0 Å². The van der Waals surface area contributed by atoms with Crippen LogP contribution < -0.4 is 10.1 Å². The third-order valence-electron chi connectivity index (χ3n) is 5.34. The van der Waals surface area contributed by atoms with Crippen LogP contribution in [-0.2, 0) is 11.3 Å². The fourth-order valence-electron chi connectivity index (χ4n) is 3.54. The minimum atomic E-state index is 0.0677. The van der Waals surface area contributed by atoms with Crippen LogP contribution in [0.15, 0.2) is 16.5 Å². The minimum absolute atomic E-state index is 0.0677. The highest BCUT2D eigenvalue weighted by Gasteiger charge is 2.28. The summed E-state index contributed by atoms with van der Waals surface area (Å²) in [5.74, 6) is 2.53. The zero-order valence-electron chi connectivity index (χ0n) is 16.2. The number of benzene rings is 1. The highest BCUT2D eigenvalue weighted by atomic mass is 16.5. The lowest BCUT2D eigenvalue weighted by molar-refractivity contribution is -0.124. The summed E-state index contributed by atoms with van der Waals surface area (Å²) < 4.78 is 11.3. The number of aryl methyl sites for hydroxylation is 1. The van der Waals surface area contributed by atoms with E-state index in [-0.39, 0.29) is 11.8 Å². The Balaban J connectivity index is 1.78. The molecule has 0 aliphatic carbocycles. The van der Waals surface area contributed by atoms with E-state index < -0.39 is 0 Å². The first-order valence-corrected chi connectivity index (χ1v) is 8.99. The Morgan fingerprint density at radius 2 is 2.12 bits per heavy atom. The molecule has 26 heavy (non-hydrogen) atoms. The number of hydrogen-bond donors (Lipinski definition) is 1. The Labute approximate surface area is 154 Å². The van der Waals surface area contributed by atoms with Gasteiger partial charge in [0.15, 0.2) is 0 Å². The molecule has 1 amide bonds. The number of likely N-dealkylation sites (tertiary alicyclic amines) is 1. The number of aromatic nitrogens is 1. The summed E-state index contributed by atoms with van der Waals surface area (Å²) in [5.41, 5.74) is 4.13. The SMILES string of the molecule is CNC(=O)[C@@H]1CCN(Cc2nc(-c3ccc(OC)c(C)c3C)oc2C)C1. The van der Waals surface area contributed by atoms with Gasteiger partial charge in [0.2, 0.25) is 11.8 Å². The number of ether oxygens (including phenoxy) is 1. The summed E-state index contributed by atoms with van der Waals surface area (Å²) in [7, 11) is 3.37. The van der Waals surface area contributed by atoms with Crippen molar-refractivity contribution in [3.63, 3.8) is 0 Å². The van der Waals surface area contributed by atoms with Crippen molar-refractivity contribution in [1.29, 1.82) is 0 Å². The third-order valence-corrected chi connectivity index (χ3v) is 5.34. The molecule has 0 radical (unpaired) electrons. The average molecular weight is 357 g/mol. The third kappa shape index (κ3) is 3.46. The molecule has 140 valence electrons. The first kappa shape index (κ1) is 18.5. The van der Waals surface area contributed by atoms with Crippen LogP contribution in [0.4, 0.5) is 0 Å². The fraction of sp³-hybridized carbons (Fsp3) is 0.500. The lowest BCUT2D eigenvalue weighted by Gasteiger charge is -2.14. The first-order valence-electron chi connectivity index (χ1n) is 8.99. The first-order chi connectivity index (χ1) is 12.4. The summed E-state index contributed by atoms with van der Waals surface area (Å²) in [6.07, 6.45) is 0.889. The molecule has 2 heterocycles. The zero-order chi connectivity index (χ0) is 18.8. The monoisotopic (exact) mass is 357 g/mol. The van der Waals surface area contributed by atoms with Gasteiger partial charge in [-0.1, -0.05) is 0 Å². The van der Waals surface area contributed by atoms with Gasteiger partial charge in [-0.2, -0.15) is 0 Å².